The van der Waals surface area contributed by atoms with Crippen molar-refractivity contribution in [2.45, 2.75) is 20.3 Å². The number of aromatic nitrogens is 1. The second-order valence-electron chi connectivity index (χ2n) is 6.00. The molecule has 0 aliphatic rings. The van der Waals surface area contributed by atoms with E-state index in [-0.39, 0.29) is 18.4 Å². The molecule has 0 atom stereocenters. The standard InChI is InChI=1S/C17H19Cl2N3O3/c1-11(2)3-5-22(10-16(23)20-15-4-6-25-21-15)17(24)12-7-13(18)9-14(19)8-12/h4,6-9,11H,3,5,10H2,1-2H3,(H,20,21,23). The Kier molecular flexibility index (Phi) is 6.84. The van der Waals surface area contributed by atoms with E-state index in [9.17, 15) is 9.59 Å². The number of hydrogen-bond donors (Lipinski definition) is 1. The highest BCUT2D eigenvalue weighted by Gasteiger charge is 2.20. The monoisotopic (exact) mass is 383 g/mol. The molecule has 1 heterocycles. The van der Waals surface area contributed by atoms with Crippen molar-refractivity contribution < 1.29 is 14.1 Å². The highest BCUT2D eigenvalue weighted by atomic mass is 35.5. The molecule has 2 amide bonds. The van der Waals surface area contributed by atoms with Gasteiger partial charge in [-0.2, -0.15) is 0 Å². The fourth-order valence-electron chi connectivity index (χ4n) is 2.16. The van der Waals surface area contributed by atoms with E-state index in [1.165, 1.54) is 29.4 Å². The first-order chi connectivity index (χ1) is 11.8. The Morgan fingerprint density at radius 2 is 1.92 bits per heavy atom. The van der Waals surface area contributed by atoms with Crippen LogP contribution in [0.2, 0.25) is 10.0 Å². The molecular formula is C17H19Cl2N3O3. The Balaban J connectivity index is 2.13. The molecule has 0 aliphatic carbocycles. The normalized spacial score (nSPS) is 10.8. The van der Waals surface area contributed by atoms with Crippen LogP contribution in [0.3, 0.4) is 0 Å². The number of rotatable bonds is 7. The summed E-state index contributed by atoms with van der Waals surface area (Å²) < 4.78 is 4.67. The second-order valence-corrected chi connectivity index (χ2v) is 6.87. The number of halogens is 2. The van der Waals surface area contributed by atoms with Gasteiger partial charge in [-0.05, 0) is 30.5 Å². The van der Waals surface area contributed by atoms with Crippen molar-refractivity contribution in [3.05, 3.63) is 46.1 Å². The lowest BCUT2D eigenvalue weighted by Crippen LogP contribution is -2.39. The summed E-state index contributed by atoms with van der Waals surface area (Å²) in [5.74, 6) is 0.0170. The zero-order valence-corrected chi connectivity index (χ0v) is 15.5. The van der Waals surface area contributed by atoms with Crippen molar-refractivity contribution in [2.24, 2.45) is 5.92 Å². The first-order valence-corrected chi connectivity index (χ1v) is 8.56. The third-order valence-electron chi connectivity index (χ3n) is 3.41. The average Bonchev–Trinajstić information content (AvgIpc) is 3.02. The van der Waals surface area contributed by atoms with Gasteiger partial charge in [0.15, 0.2) is 5.82 Å². The molecule has 0 saturated heterocycles. The van der Waals surface area contributed by atoms with Crippen LogP contribution in [-0.2, 0) is 4.79 Å². The Morgan fingerprint density at radius 1 is 1.24 bits per heavy atom. The zero-order chi connectivity index (χ0) is 18.4. The number of nitrogens with one attached hydrogen (secondary N) is 1. The summed E-state index contributed by atoms with van der Waals surface area (Å²) in [7, 11) is 0. The summed E-state index contributed by atoms with van der Waals surface area (Å²) in [4.78, 5) is 26.5. The number of nitrogens with zero attached hydrogens (tertiary/aromatic N) is 2. The summed E-state index contributed by atoms with van der Waals surface area (Å²) in [6, 6.07) is 6.14. The largest absolute Gasteiger partial charge is 0.363 e. The summed E-state index contributed by atoms with van der Waals surface area (Å²) in [6.45, 7) is 4.43. The topological polar surface area (TPSA) is 75.4 Å². The van der Waals surface area contributed by atoms with Gasteiger partial charge < -0.3 is 14.7 Å². The molecule has 0 radical (unpaired) electrons. The van der Waals surface area contributed by atoms with Crippen LogP contribution in [0.4, 0.5) is 5.82 Å². The van der Waals surface area contributed by atoms with Crippen LogP contribution < -0.4 is 5.32 Å². The number of carbonyl (C=O) groups excluding carboxylic acids is 2. The van der Waals surface area contributed by atoms with E-state index in [0.29, 0.717) is 33.9 Å². The number of carbonyl (C=O) groups is 2. The minimum absolute atomic E-state index is 0.109. The molecule has 0 saturated carbocycles. The van der Waals surface area contributed by atoms with Crippen molar-refractivity contribution in [3.8, 4) is 0 Å². The predicted octanol–water partition coefficient (Wildman–Crippen LogP) is 4.11. The minimum atomic E-state index is -0.362. The van der Waals surface area contributed by atoms with E-state index in [2.05, 4.69) is 15.0 Å². The molecule has 0 spiro atoms. The molecule has 6 nitrogen and oxygen atoms in total. The van der Waals surface area contributed by atoms with Crippen LogP contribution in [-0.4, -0.2) is 35.0 Å². The molecule has 1 aromatic carbocycles. The van der Waals surface area contributed by atoms with E-state index in [1.54, 1.807) is 6.07 Å². The summed E-state index contributed by atoms with van der Waals surface area (Å²) in [6.07, 6.45) is 2.11. The average molecular weight is 384 g/mol. The number of anilines is 1. The molecule has 0 fully saturated rings. The zero-order valence-electron chi connectivity index (χ0n) is 14.0. The van der Waals surface area contributed by atoms with E-state index in [4.69, 9.17) is 23.2 Å². The summed E-state index contributed by atoms with van der Waals surface area (Å²) in [5, 5.41) is 6.93. The highest BCUT2D eigenvalue weighted by molar-refractivity contribution is 6.35. The molecule has 1 aromatic heterocycles. The van der Waals surface area contributed by atoms with E-state index < -0.39 is 0 Å². The lowest BCUT2D eigenvalue weighted by atomic mass is 10.1. The molecule has 0 unspecified atom stereocenters. The Hall–Kier alpha value is -2.05. The van der Waals surface area contributed by atoms with Gasteiger partial charge in [0.2, 0.25) is 5.91 Å². The van der Waals surface area contributed by atoms with Gasteiger partial charge in [-0.1, -0.05) is 42.2 Å². The first kappa shape index (κ1) is 19.3. The van der Waals surface area contributed by atoms with Gasteiger partial charge in [-0.25, -0.2) is 0 Å². The van der Waals surface area contributed by atoms with E-state index in [1.807, 2.05) is 13.8 Å². The Morgan fingerprint density at radius 3 is 2.48 bits per heavy atom. The van der Waals surface area contributed by atoms with Gasteiger partial charge in [0.25, 0.3) is 5.91 Å². The van der Waals surface area contributed by atoms with Crippen LogP contribution >= 0.6 is 23.2 Å². The molecule has 134 valence electrons. The Labute approximate surface area is 156 Å². The maximum atomic E-state index is 12.8. The molecule has 8 heteroatoms. The van der Waals surface area contributed by atoms with Gasteiger partial charge in [0, 0.05) is 28.2 Å². The number of hydrogen-bond acceptors (Lipinski definition) is 4. The van der Waals surface area contributed by atoms with Crippen LogP contribution in [0.25, 0.3) is 0 Å². The molecular weight excluding hydrogens is 365 g/mol. The maximum absolute atomic E-state index is 12.8. The van der Waals surface area contributed by atoms with Gasteiger partial charge in [-0.15, -0.1) is 0 Å². The first-order valence-electron chi connectivity index (χ1n) is 7.80. The molecule has 0 aliphatic heterocycles. The third kappa shape index (κ3) is 6.07. The van der Waals surface area contributed by atoms with Crippen molar-refractivity contribution in [1.29, 1.82) is 0 Å². The number of benzene rings is 1. The lowest BCUT2D eigenvalue weighted by molar-refractivity contribution is -0.117. The molecule has 0 bridgehead atoms. The van der Waals surface area contributed by atoms with Crippen LogP contribution in [0.5, 0.6) is 0 Å². The van der Waals surface area contributed by atoms with E-state index in [0.717, 1.165) is 6.42 Å². The lowest BCUT2D eigenvalue weighted by Gasteiger charge is -2.23. The SMILES string of the molecule is CC(C)CCN(CC(=O)Nc1ccon1)C(=O)c1cc(Cl)cc(Cl)c1. The molecule has 25 heavy (non-hydrogen) atoms. The fourth-order valence-corrected chi connectivity index (χ4v) is 2.69. The number of amides is 2. The van der Waals surface area contributed by atoms with Crippen molar-refractivity contribution in [1.82, 2.24) is 10.1 Å². The molecule has 2 aromatic rings. The van der Waals surface area contributed by atoms with Crippen molar-refractivity contribution in [2.75, 3.05) is 18.4 Å². The third-order valence-corrected chi connectivity index (χ3v) is 3.85. The van der Waals surface area contributed by atoms with Crippen LogP contribution in [0, 0.1) is 5.92 Å². The van der Waals surface area contributed by atoms with Crippen molar-refractivity contribution >= 4 is 40.8 Å². The van der Waals surface area contributed by atoms with Gasteiger partial charge >= 0.3 is 0 Å². The fraction of sp³-hybridized carbons (Fsp3) is 0.353. The van der Waals surface area contributed by atoms with Gasteiger partial charge in [0.1, 0.15) is 12.8 Å². The maximum Gasteiger partial charge on any atom is 0.254 e. The van der Waals surface area contributed by atoms with Crippen LogP contribution in [0.1, 0.15) is 30.6 Å². The Bertz CT molecular complexity index is 712. The van der Waals surface area contributed by atoms with Crippen LogP contribution in [0.15, 0.2) is 35.1 Å². The quantitative estimate of drug-likeness (QED) is 0.780. The van der Waals surface area contributed by atoms with E-state index >= 15 is 0 Å². The second kappa shape index (κ2) is 8.87. The predicted molar refractivity (Wildman–Crippen MR) is 97.0 cm³/mol. The summed E-state index contributed by atoms with van der Waals surface area (Å²) in [5.41, 5.74) is 0.343. The van der Waals surface area contributed by atoms with Gasteiger partial charge in [0.05, 0.1) is 0 Å². The smallest absolute Gasteiger partial charge is 0.254 e. The molecule has 2 rings (SSSR count). The summed E-state index contributed by atoms with van der Waals surface area (Å²) >= 11 is 11.9. The molecule has 1 N–H and O–H groups in total. The van der Waals surface area contributed by atoms with Gasteiger partial charge in [-0.3, -0.25) is 9.59 Å². The highest BCUT2D eigenvalue weighted by Crippen LogP contribution is 2.20. The van der Waals surface area contributed by atoms with Crippen molar-refractivity contribution in [3.63, 3.8) is 0 Å². The minimum Gasteiger partial charge on any atom is -0.363 e.